The highest BCUT2D eigenvalue weighted by atomic mass is 16.1. The summed E-state index contributed by atoms with van der Waals surface area (Å²) in [6, 6.07) is 20.6. The van der Waals surface area contributed by atoms with Gasteiger partial charge in [-0.15, -0.1) is 0 Å². The van der Waals surface area contributed by atoms with Gasteiger partial charge >= 0.3 is 0 Å². The zero-order valence-electron chi connectivity index (χ0n) is 11.6. The van der Waals surface area contributed by atoms with E-state index in [9.17, 15) is 4.79 Å². The highest BCUT2D eigenvalue weighted by Gasteiger charge is 2.29. The van der Waals surface area contributed by atoms with Crippen LogP contribution in [-0.4, -0.2) is 5.78 Å². The van der Waals surface area contributed by atoms with Gasteiger partial charge in [-0.25, -0.2) is 0 Å². The molecular weight excluding hydrogens is 244 g/mol. The lowest BCUT2D eigenvalue weighted by molar-refractivity contribution is -0.118. The van der Waals surface area contributed by atoms with E-state index in [1.807, 2.05) is 49.4 Å². The number of benzene rings is 2. The maximum atomic E-state index is 12.3. The Morgan fingerprint density at radius 2 is 1.50 bits per heavy atom. The fourth-order valence-electron chi connectivity index (χ4n) is 2.93. The van der Waals surface area contributed by atoms with E-state index in [0.29, 0.717) is 0 Å². The highest BCUT2D eigenvalue weighted by Crippen LogP contribution is 2.39. The molecule has 0 fully saturated rings. The zero-order valence-corrected chi connectivity index (χ0v) is 11.6. The van der Waals surface area contributed by atoms with Gasteiger partial charge in [0.15, 0.2) is 5.78 Å². The smallest absolute Gasteiger partial charge is 0.159 e. The summed E-state index contributed by atoms with van der Waals surface area (Å²) in [4.78, 5) is 12.3. The molecule has 1 heteroatoms. The van der Waals surface area contributed by atoms with Gasteiger partial charge in [-0.3, -0.25) is 4.79 Å². The Balaban J connectivity index is 1.96. The molecule has 0 radical (unpaired) electrons. The molecule has 2 aromatic carbocycles. The number of hydrogen-bond acceptors (Lipinski definition) is 1. The summed E-state index contributed by atoms with van der Waals surface area (Å²) >= 11 is 0. The van der Waals surface area contributed by atoms with E-state index in [-0.39, 0.29) is 17.6 Å². The molecule has 0 saturated heterocycles. The van der Waals surface area contributed by atoms with E-state index in [2.05, 4.69) is 24.3 Å². The minimum atomic E-state index is 0.0601. The molecule has 20 heavy (non-hydrogen) atoms. The first kappa shape index (κ1) is 12.9. The summed E-state index contributed by atoms with van der Waals surface area (Å²) in [6.07, 6.45) is 2.76. The largest absolute Gasteiger partial charge is 0.295 e. The van der Waals surface area contributed by atoms with Gasteiger partial charge in [0.25, 0.3) is 0 Å². The molecule has 3 rings (SSSR count). The number of carbonyl (C=O) groups excluding carboxylic acids is 1. The molecule has 0 heterocycles. The van der Waals surface area contributed by atoms with E-state index in [1.54, 1.807) is 0 Å². The van der Waals surface area contributed by atoms with Crippen molar-refractivity contribution in [2.75, 3.05) is 0 Å². The number of hydrogen-bond donors (Lipinski definition) is 0. The van der Waals surface area contributed by atoms with Crippen LogP contribution in [0.3, 0.4) is 0 Å². The second kappa shape index (κ2) is 5.46. The van der Waals surface area contributed by atoms with Crippen LogP contribution in [0.5, 0.6) is 0 Å². The number of ketones is 1. The van der Waals surface area contributed by atoms with Gasteiger partial charge < -0.3 is 0 Å². The van der Waals surface area contributed by atoms with Gasteiger partial charge in [0, 0.05) is 5.92 Å². The zero-order chi connectivity index (χ0) is 13.9. The van der Waals surface area contributed by atoms with Gasteiger partial charge in [0.1, 0.15) is 0 Å². The van der Waals surface area contributed by atoms with Gasteiger partial charge in [0.2, 0.25) is 0 Å². The molecule has 2 atom stereocenters. The van der Waals surface area contributed by atoms with Crippen LogP contribution in [0.25, 0.3) is 5.57 Å². The first-order chi connectivity index (χ1) is 9.75. The SMILES string of the molecule is C[C@H]1C(=O)C=C(c2ccccc2)C[C@@H]1c1ccccc1. The molecule has 0 spiro atoms. The van der Waals surface area contributed by atoms with E-state index >= 15 is 0 Å². The first-order valence-electron chi connectivity index (χ1n) is 7.10. The van der Waals surface area contributed by atoms with Crippen LogP contribution >= 0.6 is 0 Å². The van der Waals surface area contributed by atoms with Crippen molar-refractivity contribution in [2.24, 2.45) is 5.92 Å². The van der Waals surface area contributed by atoms with Crippen LogP contribution in [0.4, 0.5) is 0 Å². The molecule has 1 nitrogen and oxygen atoms in total. The van der Waals surface area contributed by atoms with Crippen molar-refractivity contribution >= 4 is 11.4 Å². The molecule has 1 aliphatic rings. The number of allylic oxidation sites excluding steroid dienone is 2. The molecule has 0 aliphatic heterocycles. The van der Waals surface area contributed by atoms with Crippen LogP contribution in [0.2, 0.25) is 0 Å². The third-order valence-electron chi connectivity index (χ3n) is 4.18. The highest BCUT2D eigenvalue weighted by molar-refractivity contribution is 6.00. The van der Waals surface area contributed by atoms with Crippen molar-refractivity contribution in [3.8, 4) is 0 Å². The summed E-state index contributed by atoms with van der Waals surface area (Å²) in [5.41, 5.74) is 3.58. The first-order valence-corrected chi connectivity index (χ1v) is 7.10. The standard InChI is InChI=1S/C19H18O/c1-14-18(16-10-6-3-7-11-16)12-17(13-19(14)20)15-8-4-2-5-9-15/h2-11,13-14,18H,12H2,1H3/t14-,18+/m1/s1. The molecule has 0 amide bonds. The van der Waals surface area contributed by atoms with Crippen LogP contribution in [0.15, 0.2) is 66.7 Å². The lowest BCUT2D eigenvalue weighted by Crippen LogP contribution is -2.23. The average Bonchev–Trinajstić information content (AvgIpc) is 2.51. The molecular formula is C19H18O. The molecule has 0 unspecified atom stereocenters. The molecule has 0 aromatic heterocycles. The summed E-state index contributed by atoms with van der Waals surface area (Å²) in [5, 5.41) is 0. The van der Waals surface area contributed by atoms with Gasteiger partial charge in [-0.2, -0.15) is 0 Å². The van der Waals surface area contributed by atoms with Crippen molar-refractivity contribution in [3.05, 3.63) is 77.9 Å². The van der Waals surface area contributed by atoms with E-state index < -0.39 is 0 Å². The molecule has 0 bridgehead atoms. The Kier molecular flexibility index (Phi) is 3.51. The lowest BCUT2D eigenvalue weighted by Gasteiger charge is -2.28. The second-order valence-corrected chi connectivity index (χ2v) is 5.45. The van der Waals surface area contributed by atoms with Gasteiger partial charge in [-0.05, 0) is 35.1 Å². The Morgan fingerprint density at radius 3 is 2.15 bits per heavy atom. The Morgan fingerprint density at radius 1 is 0.900 bits per heavy atom. The summed E-state index contributed by atoms with van der Waals surface area (Å²) in [5.74, 6) is 0.581. The summed E-state index contributed by atoms with van der Waals surface area (Å²) < 4.78 is 0. The van der Waals surface area contributed by atoms with Gasteiger partial charge in [0.05, 0.1) is 0 Å². The van der Waals surface area contributed by atoms with Crippen molar-refractivity contribution in [1.29, 1.82) is 0 Å². The van der Waals surface area contributed by atoms with Gasteiger partial charge in [-0.1, -0.05) is 67.6 Å². The Hall–Kier alpha value is -2.15. The Labute approximate surface area is 120 Å². The van der Waals surface area contributed by atoms with E-state index in [4.69, 9.17) is 0 Å². The molecule has 1 aliphatic carbocycles. The van der Waals surface area contributed by atoms with Crippen LogP contribution in [0.1, 0.15) is 30.4 Å². The molecule has 0 saturated carbocycles. The fourth-order valence-corrected chi connectivity index (χ4v) is 2.93. The lowest BCUT2D eigenvalue weighted by atomic mass is 9.74. The van der Waals surface area contributed by atoms with E-state index in [1.165, 1.54) is 5.56 Å². The topological polar surface area (TPSA) is 17.1 Å². The number of rotatable bonds is 2. The van der Waals surface area contributed by atoms with Crippen LogP contribution in [-0.2, 0) is 4.79 Å². The maximum absolute atomic E-state index is 12.3. The summed E-state index contributed by atoms with van der Waals surface area (Å²) in [6.45, 7) is 2.04. The predicted octanol–water partition coefficient (Wildman–Crippen LogP) is 4.46. The van der Waals surface area contributed by atoms with E-state index in [0.717, 1.165) is 17.6 Å². The van der Waals surface area contributed by atoms with Crippen LogP contribution < -0.4 is 0 Å². The minimum Gasteiger partial charge on any atom is -0.295 e. The normalized spacial score (nSPS) is 22.4. The fraction of sp³-hybridized carbons (Fsp3) is 0.211. The minimum absolute atomic E-state index is 0.0601. The second-order valence-electron chi connectivity index (χ2n) is 5.45. The quantitative estimate of drug-likeness (QED) is 0.780. The van der Waals surface area contributed by atoms with Crippen molar-refractivity contribution < 1.29 is 4.79 Å². The third kappa shape index (κ3) is 2.44. The number of carbonyl (C=O) groups is 1. The van der Waals surface area contributed by atoms with Crippen LogP contribution in [0, 0.1) is 5.92 Å². The third-order valence-corrected chi connectivity index (χ3v) is 4.18. The molecule has 100 valence electrons. The average molecular weight is 262 g/mol. The summed E-state index contributed by atoms with van der Waals surface area (Å²) in [7, 11) is 0. The van der Waals surface area contributed by atoms with Crippen molar-refractivity contribution in [3.63, 3.8) is 0 Å². The molecule has 2 aromatic rings. The molecule has 0 N–H and O–H groups in total. The monoisotopic (exact) mass is 262 g/mol. The predicted molar refractivity (Wildman–Crippen MR) is 82.4 cm³/mol. The Bertz CT molecular complexity index is 625. The maximum Gasteiger partial charge on any atom is 0.159 e. The van der Waals surface area contributed by atoms with Crippen molar-refractivity contribution in [1.82, 2.24) is 0 Å². The van der Waals surface area contributed by atoms with Crippen molar-refractivity contribution in [2.45, 2.75) is 19.3 Å².